The number of likely N-dealkylation sites (tertiary alicyclic amines) is 1. The van der Waals surface area contributed by atoms with Crippen molar-refractivity contribution < 1.29 is 47.7 Å². The molecule has 1 fully saturated rings. The summed E-state index contributed by atoms with van der Waals surface area (Å²) in [5, 5.41) is 2.63. The van der Waals surface area contributed by atoms with Crippen LogP contribution in [0.15, 0.2) is 30.3 Å². The third-order valence-corrected chi connectivity index (χ3v) is 12.8. The number of amides is 3. The van der Waals surface area contributed by atoms with E-state index in [1.54, 1.807) is 65.7 Å². The van der Waals surface area contributed by atoms with Gasteiger partial charge in [-0.1, -0.05) is 85.2 Å². The summed E-state index contributed by atoms with van der Waals surface area (Å²) in [4.78, 5) is 88.0. The molecule has 0 aliphatic carbocycles. The summed E-state index contributed by atoms with van der Waals surface area (Å²) in [5.74, 6) is -3.07. The average molecular weight is 901 g/mol. The van der Waals surface area contributed by atoms with Crippen LogP contribution in [-0.2, 0) is 49.3 Å². The molecule has 14 heteroatoms. The smallest absolute Gasteiger partial charge is 0.407 e. The molecule has 0 aromatic heterocycles. The number of alkyl carbamates (subject to hydrolysis) is 1. The molecule has 3 amide bonds. The zero-order valence-corrected chi connectivity index (χ0v) is 42.1. The Kier molecular flexibility index (Phi) is 23.1. The van der Waals surface area contributed by atoms with Gasteiger partial charge in [0.05, 0.1) is 49.2 Å². The molecule has 364 valence electrons. The molecule has 10 atom stereocenters. The van der Waals surface area contributed by atoms with Crippen LogP contribution in [0.5, 0.6) is 0 Å². The van der Waals surface area contributed by atoms with Gasteiger partial charge >= 0.3 is 12.1 Å². The van der Waals surface area contributed by atoms with E-state index in [-0.39, 0.29) is 79.4 Å². The predicted octanol–water partition coefficient (Wildman–Crippen LogP) is 7.00. The van der Waals surface area contributed by atoms with Crippen molar-refractivity contribution in [2.75, 3.05) is 48.5 Å². The topological polar surface area (TPSA) is 161 Å². The Bertz CT molecular complexity index is 1640. The van der Waals surface area contributed by atoms with Crippen molar-refractivity contribution in [2.45, 2.75) is 163 Å². The molecule has 1 aromatic carbocycles. The van der Waals surface area contributed by atoms with Crippen molar-refractivity contribution in [2.24, 2.45) is 35.5 Å². The fourth-order valence-electron chi connectivity index (χ4n) is 9.25. The number of Topliss-reactive ketones (excluding diaryl/α,β-unsaturated/α-hetero) is 2. The molecule has 0 spiro atoms. The van der Waals surface area contributed by atoms with E-state index < -0.39 is 65.8 Å². The number of carbonyl (C=O) groups excluding carboxylic acids is 6. The molecule has 14 nitrogen and oxygen atoms in total. The lowest BCUT2D eigenvalue weighted by molar-refractivity contribution is -0.155. The molecule has 1 aliphatic heterocycles. The summed E-state index contributed by atoms with van der Waals surface area (Å²) < 4.78 is 23.2. The van der Waals surface area contributed by atoms with Crippen LogP contribution in [0.4, 0.5) is 4.79 Å². The predicted molar refractivity (Wildman–Crippen MR) is 249 cm³/mol. The first-order chi connectivity index (χ1) is 29.9. The number of hydrogen-bond acceptors (Lipinski definition) is 11. The Morgan fingerprint density at radius 2 is 1.47 bits per heavy atom. The monoisotopic (exact) mass is 901 g/mol. The number of ether oxygens (including phenoxy) is 4. The van der Waals surface area contributed by atoms with E-state index in [1.807, 2.05) is 83.9 Å². The fourth-order valence-corrected chi connectivity index (χ4v) is 9.25. The molecule has 1 N–H and O–H groups in total. The number of hydrogen-bond donors (Lipinski definition) is 1. The number of benzene rings is 1. The van der Waals surface area contributed by atoms with Crippen LogP contribution in [0.3, 0.4) is 0 Å². The molecule has 64 heavy (non-hydrogen) atoms. The molecule has 0 bridgehead atoms. The SMILES string of the molecule is CC[C@H](C)[C@@H]([C@@H](CC(=O)N1CCC[C@H]1[C@H](OC)[C@@H](C)C(=O)C[C@@H](Cc1ccccc1)C(=O)OC(C)CNC(=O)OC(C)(C)C)OC)N(C)C(=O)[C@@H](CC(=O)[C@H](C(C)C)N(C)C)C(C)C. The lowest BCUT2D eigenvalue weighted by Crippen LogP contribution is -2.54. The quantitative estimate of drug-likeness (QED) is 0.0954. The maximum Gasteiger partial charge on any atom is 0.407 e. The third-order valence-electron chi connectivity index (χ3n) is 12.8. The van der Waals surface area contributed by atoms with Crippen LogP contribution in [0, 0.1) is 35.5 Å². The van der Waals surface area contributed by atoms with Gasteiger partial charge in [-0.05, 0) is 84.4 Å². The van der Waals surface area contributed by atoms with Gasteiger partial charge < -0.3 is 34.1 Å². The molecule has 1 unspecified atom stereocenters. The minimum Gasteiger partial charge on any atom is -0.461 e. The number of rotatable bonds is 26. The molecule has 1 aromatic rings. The van der Waals surface area contributed by atoms with Crippen molar-refractivity contribution in [1.29, 1.82) is 0 Å². The van der Waals surface area contributed by atoms with Gasteiger partial charge in [-0.2, -0.15) is 0 Å². The van der Waals surface area contributed by atoms with Crippen LogP contribution in [-0.4, -0.2) is 141 Å². The first-order valence-corrected chi connectivity index (χ1v) is 23.4. The highest BCUT2D eigenvalue weighted by Crippen LogP contribution is 2.32. The summed E-state index contributed by atoms with van der Waals surface area (Å²) in [7, 11) is 8.64. The molecule has 1 saturated heterocycles. The van der Waals surface area contributed by atoms with Gasteiger partial charge in [-0.25, -0.2) is 4.79 Å². The first kappa shape index (κ1) is 56.2. The van der Waals surface area contributed by atoms with Gasteiger partial charge in [0.15, 0.2) is 5.78 Å². The highest BCUT2D eigenvalue weighted by Gasteiger charge is 2.43. The Hall–Kier alpha value is -3.88. The first-order valence-electron chi connectivity index (χ1n) is 23.4. The number of likely N-dealkylation sites (N-methyl/N-ethyl adjacent to an activating group) is 2. The van der Waals surface area contributed by atoms with E-state index in [2.05, 4.69) is 12.2 Å². The summed E-state index contributed by atoms with van der Waals surface area (Å²) in [5.41, 5.74) is 0.186. The Balaban J connectivity index is 2.30. The Morgan fingerprint density at radius 3 is 1.98 bits per heavy atom. The van der Waals surface area contributed by atoms with E-state index in [4.69, 9.17) is 18.9 Å². The van der Waals surface area contributed by atoms with Crippen molar-refractivity contribution in [3.8, 4) is 0 Å². The Labute approximate surface area is 385 Å². The Morgan fingerprint density at radius 1 is 0.844 bits per heavy atom. The third kappa shape index (κ3) is 16.8. The van der Waals surface area contributed by atoms with Gasteiger partial charge in [-0.3, -0.25) is 28.9 Å². The van der Waals surface area contributed by atoms with Crippen LogP contribution in [0.1, 0.15) is 120 Å². The highest BCUT2D eigenvalue weighted by atomic mass is 16.6. The van der Waals surface area contributed by atoms with Crippen LogP contribution in [0.25, 0.3) is 0 Å². The maximum absolute atomic E-state index is 14.4. The number of nitrogens with one attached hydrogen (secondary N) is 1. The van der Waals surface area contributed by atoms with Gasteiger partial charge in [0, 0.05) is 52.5 Å². The summed E-state index contributed by atoms with van der Waals surface area (Å²) in [6.07, 6.45) is -0.242. The van der Waals surface area contributed by atoms with E-state index >= 15 is 0 Å². The summed E-state index contributed by atoms with van der Waals surface area (Å²) in [6.45, 7) is 21.3. The lowest BCUT2D eigenvalue weighted by Gasteiger charge is -2.41. The molecule has 1 heterocycles. The van der Waals surface area contributed by atoms with Crippen LogP contribution < -0.4 is 5.32 Å². The second kappa shape index (κ2) is 26.3. The van der Waals surface area contributed by atoms with Crippen LogP contribution in [0.2, 0.25) is 0 Å². The molecule has 1 aliphatic rings. The highest BCUT2D eigenvalue weighted by molar-refractivity contribution is 5.90. The van der Waals surface area contributed by atoms with Crippen molar-refractivity contribution >= 4 is 35.4 Å². The van der Waals surface area contributed by atoms with Gasteiger partial charge in [-0.15, -0.1) is 0 Å². The molecular formula is C50H84N4O10. The van der Waals surface area contributed by atoms with E-state index in [9.17, 15) is 28.8 Å². The molecular weight excluding hydrogens is 817 g/mol. The number of nitrogens with zero attached hydrogens (tertiary/aromatic N) is 3. The number of ketones is 2. The van der Waals surface area contributed by atoms with E-state index in [0.29, 0.717) is 19.4 Å². The fraction of sp³-hybridized carbons (Fsp3) is 0.760. The normalized spacial score (nSPS) is 18.7. The van der Waals surface area contributed by atoms with Crippen LogP contribution >= 0.6 is 0 Å². The molecule has 0 radical (unpaired) electrons. The number of methoxy groups -OCH3 is 2. The second-order valence-corrected chi connectivity index (χ2v) is 20.0. The average Bonchev–Trinajstić information content (AvgIpc) is 3.70. The molecule has 0 saturated carbocycles. The summed E-state index contributed by atoms with van der Waals surface area (Å²) in [6, 6.07) is 8.25. The van der Waals surface area contributed by atoms with Gasteiger partial charge in [0.25, 0.3) is 0 Å². The van der Waals surface area contributed by atoms with Crippen molar-refractivity contribution in [3.05, 3.63) is 35.9 Å². The van der Waals surface area contributed by atoms with Crippen molar-refractivity contribution in [3.63, 3.8) is 0 Å². The maximum atomic E-state index is 14.4. The largest absolute Gasteiger partial charge is 0.461 e. The zero-order valence-electron chi connectivity index (χ0n) is 42.1. The number of esters is 1. The molecule has 2 rings (SSSR count). The summed E-state index contributed by atoms with van der Waals surface area (Å²) >= 11 is 0. The van der Waals surface area contributed by atoms with Gasteiger partial charge in [0.1, 0.15) is 17.5 Å². The minimum atomic E-state index is -0.808. The van der Waals surface area contributed by atoms with Gasteiger partial charge in [0.2, 0.25) is 11.8 Å². The zero-order chi connectivity index (χ0) is 48.6. The minimum absolute atomic E-state index is 0.00563. The standard InChI is InChI=1S/C50H84N4O10/c1-17-33(6)45(53(14)47(58)38(31(2)3)28-41(56)44(32(4)5)52(12)13)42(61-15)29-43(57)54-25-21-24-39(54)46(62-16)35(8)40(55)27-37(26-36-22-19-18-20-23-36)48(59)63-34(7)30-51-49(60)64-50(9,10)11/h18-20,22-23,31-35,37-39,42,44-46H,17,21,24-30H2,1-16H3,(H,51,60)/t33-,34?,35-,37+,38-,39-,42+,44-,45-,46+/m0/s1. The van der Waals surface area contributed by atoms with E-state index in [1.165, 1.54) is 0 Å². The number of carbonyl (C=O) groups is 6. The second-order valence-electron chi connectivity index (χ2n) is 20.0. The van der Waals surface area contributed by atoms with Crippen molar-refractivity contribution in [1.82, 2.24) is 20.0 Å². The van der Waals surface area contributed by atoms with E-state index in [0.717, 1.165) is 12.0 Å². The lowest BCUT2D eigenvalue weighted by atomic mass is 9.83.